The molecule has 0 saturated heterocycles. The molecule has 0 spiro atoms. The van der Waals surface area contributed by atoms with Crippen LogP contribution in [0.5, 0.6) is 0 Å². The molecule has 3 N–H and O–H groups in total. The van der Waals surface area contributed by atoms with Gasteiger partial charge in [-0.25, -0.2) is 0 Å². The summed E-state index contributed by atoms with van der Waals surface area (Å²) in [4.78, 5) is 9.87. The zero-order valence-corrected chi connectivity index (χ0v) is 5.76. The van der Waals surface area contributed by atoms with E-state index >= 15 is 0 Å². The molecule has 0 aliphatic heterocycles. The Morgan fingerprint density at radius 3 is 2.22 bits per heavy atom. The van der Waals surface area contributed by atoms with Gasteiger partial charge in [0.25, 0.3) is 0 Å². The van der Waals surface area contributed by atoms with Crippen molar-refractivity contribution in [1.82, 2.24) is 0 Å². The highest BCUT2D eigenvalue weighted by atomic mass is 16.5. The second-order valence-electron chi connectivity index (χ2n) is 1.06. The lowest BCUT2D eigenvalue weighted by molar-refractivity contribution is -0.141. The number of rotatable bonds is 2. The lowest BCUT2D eigenvalue weighted by Gasteiger charge is -1.93. The summed E-state index contributed by atoms with van der Waals surface area (Å²) in [5.41, 5.74) is 4.50. The number of aliphatic hydroxyl groups excluding tert-OH is 1. The van der Waals surface area contributed by atoms with Gasteiger partial charge in [-0.1, -0.05) is 0 Å². The fourth-order valence-electron chi connectivity index (χ4n) is 0.189. The summed E-state index contributed by atoms with van der Waals surface area (Å²) in [7, 11) is 1.50. The Balaban J connectivity index is 0. The molecule has 4 heteroatoms. The molecule has 56 valence electrons. The first-order valence-electron chi connectivity index (χ1n) is 2.59. The van der Waals surface area contributed by atoms with E-state index < -0.39 is 0 Å². The minimum Gasteiger partial charge on any atom is -0.463 e. The van der Waals surface area contributed by atoms with Crippen LogP contribution in [-0.4, -0.2) is 31.3 Å². The van der Waals surface area contributed by atoms with E-state index in [0.717, 1.165) is 0 Å². The molecule has 0 rings (SSSR count). The Kier molecular flexibility index (Phi) is 13.0. The zero-order chi connectivity index (χ0) is 7.70. The van der Waals surface area contributed by atoms with Gasteiger partial charge in [0.2, 0.25) is 0 Å². The lowest BCUT2D eigenvalue weighted by atomic mass is 10.7. The van der Waals surface area contributed by atoms with Gasteiger partial charge in [0, 0.05) is 6.92 Å². The first-order valence-corrected chi connectivity index (χ1v) is 2.59. The van der Waals surface area contributed by atoms with Gasteiger partial charge in [0.1, 0.15) is 6.61 Å². The SMILES string of the molecule is CC(=O)OCCO.CN. The molecule has 0 aromatic rings. The Morgan fingerprint density at radius 1 is 1.67 bits per heavy atom. The van der Waals surface area contributed by atoms with E-state index in [1.165, 1.54) is 14.0 Å². The first-order chi connectivity index (χ1) is 4.27. The molecular formula is C5H13NO3. The summed E-state index contributed by atoms with van der Waals surface area (Å²) >= 11 is 0. The van der Waals surface area contributed by atoms with Gasteiger partial charge in [-0.05, 0) is 7.05 Å². The van der Waals surface area contributed by atoms with Crippen molar-refractivity contribution in [2.45, 2.75) is 6.92 Å². The Labute approximate surface area is 54.6 Å². The molecular weight excluding hydrogens is 122 g/mol. The molecule has 0 atom stereocenters. The standard InChI is InChI=1S/C4H8O3.CH5N/c1-4(6)7-3-2-5;1-2/h5H,2-3H2,1H3;2H2,1H3. The third kappa shape index (κ3) is 18.7. The molecule has 0 heterocycles. The van der Waals surface area contributed by atoms with Crippen molar-refractivity contribution in [2.75, 3.05) is 20.3 Å². The predicted molar refractivity (Wildman–Crippen MR) is 33.8 cm³/mol. The smallest absolute Gasteiger partial charge is 0.302 e. The fourth-order valence-corrected chi connectivity index (χ4v) is 0.189. The van der Waals surface area contributed by atoms with Crippen LogP contribution in [0, 0.1) is 0 Å². The summed E-state index contributed by atoms with van der Waals surface area (Å²) in [6.07, 6.45) is 0. The van der Waals surface area contributed by atoms with Gasteiger partial charge in [-0.2, -0.15) is 0 Å². The molecule has 0 unspecified atom stereocenters. The van der Waals surface area contributed by atoms with Crippen molar-refractivity contribution < 1.29 is 14.6 Å². The van der Waals surface area contributed by atoms with E-state index in [9.17, 15) is 4.79 Å². The summed E-state index contributed by atoms with van der Waals surface area (Å²) in [5, 5.41) is 8.04. The average Bonchev–Trinajstić information content (AvgIpc) is 1.88. The predicted octanol–water partition coefficient (Wildman–Crippen LogP) is -0.883. The molecule has 0 aromatic carbocycles. The number of carbonyl (C=O) groups excluding carboxylic acids is 1. The zero-order valence-electron chi connectivity index (χ0n) is 5.76. The molecule has 0 aromatic heterocycles. The van der Waals surface area contributed by atoms with Crippen LogP contribution in [0.25, 0.3) is 0 Å². The van der Waals surface area contributed by atoms with Crippen molar-refractivity contribution in [3.05, 3.63) is 0 Å². The average molecular weight is 135 g/mol. The van der Waals surface area contributed by atoms with E-state index in [2.05, 4.69) is 10.5 Å². The van der Waals surface area contributed by atoms with Crippen molar-refractivity contribution in [3.63, 3.8) is 0 Å². The van der Waals surface area contributed by atoms with E-state index in [4.69, 9.17) is 5.11 Å². The van der Waals surface area contributed by atoms with Gasteiger partial charge in [0.05, 0.1) is 6.61 Å². The van der Waals surface area contributed by atoms with Gasteiger partial charge in [0.15, 0.2) is 0 Å². The normalized spacial score (nSPS) is 7.11. The van der Waals surface area contributed by atoms with Crippen LogP contribution in [0.15, 0.2) is 0 Å². The monoisotopic (exact) mass is 135 g/mol. The molecule has 0 fully saturated rings. The van der Waals surface area contributed by atoms with Gasteiger partial charge < -0.3 is 15.6 Å². The van der Waals surface area contributed by atoms with Crippen LogP contribution in [-0.2, 0) is 9.53 Å². The van der Waals surface area contributed by atoms with E-state index in [1.807, 2.05) is 0 Å². The maximum atomic E-state index is 9.87. The van der Waals surface area contributed by atoms with Crippen molar-refractivity contribution in [1.29, 1.82) is 0 Å². The molecule has 0 amide bonds. The molecule has 0 aliphatic rings. The molecule has 0 radical (unpaired) electrons. The quantitative estimate of drug-likeness (QED) is 0.482. The summed E-state index contributed by atoms with van der Waals surface area (Å²) < 4.78 is 4.30. The number of esters is 1. The Morgan fingerprint density at radius 2 is 2.11 bits per heavy atom. The van der Waals surface area contributed by atoms with Crippen molar-refractivity contribution in [2.24, 2.45) is 5.73 Å². The second kappa shape index (κ2) is 10.4. The number of hydrogen-bond acceptors (Lipinski definition) is 4. The highest BCUT2D eigenvalue weighted by Gasteiger charge is 1.86. The highest BCUT2D eigenvalue weighted by molar-refractivity contribution is 5.65. The van der Waals surface area contributed by atoms with Gasteiger partial charge >= 0.3 is 5.97 Å². The topological polar surface area (TPSA) is 72.5 Å². The number of nitrogens with two attached hydrogens (primary N) is 1. The number of ether oxygens (including phenoxy) is 1. The van der Waals surface area contributed by atoms with E-state index in [-0.39, 0.29) is 19.2 Å². The summed E-state index contributed by atoms with van der Waals surface area (Å²) in [6.45, 7) is 1.31. The molecule has 0 aliphatic carbocycles. The third-order valence-electron chi connectivity index (χ3n) is 0.397. The number of aliphatic hydroxyl groups is 1. The van der Waals surface area contributed by atoms with Crippen LogP contribution in [0.1, 0.15) is 6.92 Å². The van der Waals surface area contributed by atoms with Crippen LogP contribution < -0.4 is 5.73 Å². The highest BCUT2D eigenvalue weighted by Crippen LogP contribution is 1.71. The third-order valence-corrected chi connectivity index (χ3v) is 0.397. The van der Waals surface area contributed by atoms with E-state index in [0.29, 0.717) is 0 Å². The molecule has 4 nitrogen and oxygen atoms in total. The summed E-state index contributed by atoms with van der Waals surface area (Å²) in [5.74, 6) is -0.353. The lowest BCUT2D eigenvalue weighted by Crippen LogP contribution is -2.03. The Hall–Kier alpha value is -0.610. The number of carbonyl (C=O) groups is 1. The molecule has 9 heavy (non-hydrogen) atoms. The maximum Gasteiger partial charge on any atom is 0.302 e. The molecule has 0 saturated carbocycles. The summed E-state index contributed by atoms with van der Waals surface area (Å²) in [6, 6.07) is 0. The van der Waals surface area contributed by atoms with Crippen LogP contribution >= 0.6 is 0 Å². The van der Waals surface area contributed by atoms with Crippen LogP contribution in [0.4, 0.5) is 0 Å². The minimum atomic E-state index is -0.353. The second-order valence-corrected chi connectivity index (χ2v) is 1.06. The Bertz CT molecular complexity index is 65.2. The van der Waals surface area contributed by atoms with Crippen LogP contribution in [0.2, 0.25) is 0 Å². The number of hydrogen-bond donors (Lipinski definition) is 2. The minimum absolute atomic E-state index is 0.0976. The van der Waals surface area contributed by atoms with Crippen molar-refractivity contribution >= 4 is 5.97 Å². The van der Waals surface area contributed by atoms with Crippen LogP contribution in [0.3, 0.4) is 0 Å². The van der Waals surface area contributed by atoms with Gasteiger partial charge in [-0.3, -0.25) is 4.79 Å². The van der Waals surface area contributed by atoms with Gasteiger partial charge in [-0.15, -0.1) is 0 Å². The van der Waals surface area contributed by atoms with Crippen molar-refractivity contribution in [3.8, 4) is 0 Å². The fraction of sp³-hybridized carbons (Fsp3) is 0.800. The first kappa shape index (κ1) is 11.2. The van der Waals surface area contributed by atoms with E-state index in [1.54, 1.807) is 0 Å². The largest absolute Gasteiger partial charge is 0.463 e. The molecule has 0 bridgehead atoms. The maximum absolute atomic E-state index is 9.87.